The molecule has 0 radical (unpaired) electrons. The fourth-order valence-electron chi connectivity index (χ4n) is 10.9. The van der Waals surface area contributed by atoms with Crippen LogP contribution in [0.25, 0.3) is 0 Å². The van der Waals surface area contributed by atoms with Crippen molar-refractivity contribution in [1.29, 1.82) is 0 Å². The molecule has 0 aromatic rings. The van der Waals surface area contributed by atoms with Crippen LogP contribution in [0, 0.1) is 0 Å². The fourth-order valence-corrected chi connectivity index (χ4v) is 10.9. The van der Waals surface area contributed by atoms with E-state index < -0.39 is 49.5 Å². The summed E-state index contributed by atoms with van der Waals surface area (Å²) < 4.78 is 11.3. The predicted molar refractivity (Wildman–Crippen MR) is 359 cm³/mol. The summed E-state index contributed by atoms with van der Waals surface area (Å²) in [6, 6.07) is -0.834. The van der Waals surface area contributed by atoms with Crippen LogP contribution >= 0.6 is 0 Å². The van der Waals surface area contributed by atoms with Crippen LogP contribution in [0.15, 0.2) is 97.2 Å². The molecule has 0 aromatic carbocycles. The molecular weight excluding hydrogens is 1040 g/mol. The standard InChI is InChI=1S/C75H133NO8/c1-3-5-7-9-11-13-15-17-19-21-23-25-27-29-31-33-34-35-36-37-39-41-43-45-47-49-51-53-55-57-59-61-63-65-71(79)76-68(67-83-75-74(82)73(81)72(80)70(66-77)84-75)69(78)64-62-60-58-56-54-52-50-48-46-44-42-40-38-32-30-28-26-24-22-20-18-16-14-12-10-8-6-4-2/h5,7,11,13,17,19,23,25,29,31,46,48,54,56,62,64,68-70,72-75,77-78,80-82H,3-4,6,8-10,12,14-16,18,20-22,24,26-28,30,32-45,47,49-53,55,57-61,63,65-67H2,1-2H3,(H,76,79)/b7-5-,13-11-,19-17-,25-23-,31-29-,48-46+,56-54+,64-62+. The number of aliphatic hydroxyl groups excluding tert-OH is 5. The van der Waals surface area contributed by atoms with Gasteiger partial charge in [0.2, 0.25) is 5.91 Å². The summed E-state index contributed by atoms with van der Waals surface area (Å²) in [4.78, 5) is 13.1. The lowest BCUT2D eigenvalue weighted by molar-refractivity contribution is -0.302. The summed E-state index contributed by atoms with van der Waals surface area (Å²) in [6.07, 6.45) is 85.2. The van der Waals surface area contributed by atoms with E-state index in [2.05, 4.69) is 104 Å². The van der Waals surface area contributed by atoms with Crippen molar-refractivity contribution in [2.24, 2.45) is 0 Å². The molecule has 0 aromatic heterocycles. The van der Waals surface area contributed by atoms with E-state index >= 15 is 0 Å². The molecule has 9 heteroatoms. The predicted octanol–water partition coefficient (Wildman–Crippen LogP) is 19.5. The molecule has 0 saturated carbocycles. The normalized spacial score (nSPS) is 18.8. The first kappa shape index (κ1) is 79.1. The number of hydrogen-bond acceptors (Lipinski definition) is 8. The number of hydrogen-bond donors (Lipinski definition) is 6. The Bertz CT molecular complexity index is 1650. The quantitative estimate of drug-likeness (QED) is 0.0261. The zero-order valence-corrected chi connectivity index (χ0v) is 54.4. The molecule has 1 heterocycles. The van der Waals surface area contributed by atoms with E-state index in [-0.39, 0.29) is 12.5 Å². The maximum absolute atomic E-state index is 13.1. The van der Waals surface area contributed by atoms with Gasteiger partial charge >= 0.3 is 0 Å². The van der Waals surface area contributed by atoms with Crippen molar-refractivity contribution in [2.75, 3.05) is 13.2 Å². The third kappa shape index (κ3) is 51.2. The molecule has 9 nitrogen and oxygen atoms in total. The second-order valence-electron chi connectivity index (χ2n) is 24.3. The van der Waals surface area contributed by atoms with Crippen LogP contribution in [0.3, 0.4) is 0 Å². The Morgan fingerprint density at radius 3 is 1.14 bits per heavy atom. The molecule has 1 amide bonds. The first-order chi connectivity index (χ1) is 41.3. The van der Waals surface area contributed by atoms with Gasteiger partial charge in [-0.3, -0.25) is 4.79 Å². The molecule has 1 rings (SSSR count). The summed E-state index contributed by atoms with van der Waals surface area (Å²) in [5.74, 6) is -0.190. The second-order valence-corrected chi connectivity index (χ2v) is 24.3. The Labute approximate surface area is 517 Å². The molecule has 6 N–H and O–H groups in total. The van der Waals surface area contributed by atoms with Gasteiger partial charge in [-0.05, 0) is 89.9 Å². The molecule has 0 bridgehead atoms. The number of nitrogens with one attached hydrogen (secondary N) is 1. The number of amides is 1. The zero-order valence-electron chi connectivity index (χ0n) is 54.4. The molecule has 1 aliphatic rings. The van der Waals surface area contributed by atoms with Crippen molar-refractivity contribution < 1.29 is 39.8 Å². The lowest BCUT2D eigenvalue weighted by Crippen LogP contribution is -2.60. The zero-order chi connectivity index (χ0) is 60.7. The first-order valence-electron chi connectivity index (χ1n) is 35.5. The van der Waals surface area contributed by atoms with E-state index in [1.807, 2.05) is 6.08 Å². The summed E-state index contributed by atoms with van der Waals surface area (Å²) in [6.45, 7) is 3.68. The van der Waals surface area contributed by atoms with Crippen LogP contribution in [0.1, 0.15) is 316 Å². The number of ether oxygens (including phenoxy) is 2. The van der Waals surface area contributed by atoms with Gasteiger partial charge in [0.25, 0.3) is 0 Å². The molecule has 1 fully saturated rings. The van der Waals surface area contributed by atoms with E-state index in [1.54, 1.807) is 6.08 Å². The van der Waals surface area contributed by atoms with Crippen molar-refractivity contribution in [2.45, 2.75) is 358 Å². The Hall–Kier alpha value is -2.89. The lowest BCUT2D eigenvalue weighted by atomic mass is 9.99. The summed E-state index contributed by atoms with van der Waals surface area (Å²) in [5.41, 5.74) is 0. The van der Waals surface area contributed by atoms with Gasteiger partial charge in [0.05, 0.1) is 25.4 Å². The molecule has 0 aliphatic carbocycles. The molecule has 7 atom stereocenters. The van der Waals surface area contributed by atoms with E-state index in [0.717, 1.165) is 77.0 Å². The third-order valence-electron chi connectivity index (χ3n) is 16.4. The minimum atomic E-state index is -1.58. The highest BCUT2D eigenvalue weighted by molar-refractivity contribution is 5.76. The van der Waals surface area contributed by atoms with E-state index in [4.69, 9.17) is 9.47 Å². The highest BCUT2D eigenvalue weighted by Gasteiger charge is 2.44. The van der Waals surface area contributed by atoms with Crippen molar-refractivity contribution in [3.05, 3.63) is 97.2 Å². The maximum atomic E-state index is 13.1. The Morgan fingerprint density at radius 2 is 0.750 bits per heavy atom. The van der Waals surface area contributed by atoms with Gasteiger partial charge in [0.1, 0.15) is 24.4 Å². The number of allylic oxidation sites excluding steroid dienone is 15. The van der Waals surface area contributed by atoms with Gasteiger partial charge in [-0.15, -0.1) is 0 Å². The highest BCUT2D eigenvalue weighted by Crippen LogP contribution is 2.23. The minimum absolute atomic E-state index is 0.190. The average molecular weight is 1180 g/mol. The highest BCUT2D eigenvalue weighted by atomic mass is 16.7. The monoisotopic (exact) mass is 1180 g/mol. The molecular formula is C75H133NO8. The Balaban J connectivity index is 2.16. The van der Waals surface area contributed by atoms with Crippen LogP contribution in [0.4, 0.5) is 0 Å². The van der Waals surface area contributed by atoms with Crippen LogP contribution in [0.2, 0.25) is 0 Å². The third-order valence-corrected chi connectivity index (χ3v) is 16.4. The number of carbonyl (C=O) groups is 1. The van der Waals surface area contributed by atoms with Gasteiger partial charge in [-0.2, -0.15) is 0 Å². The molecule has 1 aliphatic heterocycles. The van der Waals surface area contributed by atoms with Crippen molar-refractivity contribution in [3.8, 4) is 0 Å². The summed E-state index contributed by atoms with van der Waals surface area (Å²) in [5, 5.41) is 54.7. The number of rotatable bonds is 61. The number of carbonyl (C=O) groups excluding carboxylic acids is 1. The van der Waals surface area contributed by atoms with Gasteiger partial charge in [0.15, 0.2) is 6.29 Å². The Morgan fingerprint density at radius 1 is 0.417 bits per heavy atom. The minimum Gasteiger partial charge on any atom is -0.394 e. The molecule has 7 unspecified atom stereocenters. The largest absolute Gasteiger partial charge is 0.394 e. The van der Waals surface area contributed by atoms with E-state index in [9.17, 15) is 30.3 Å². The van der Waals surface area contributed by atoms with Crippen LogP contribution in [0.5, 0.6) is 0 Å². The van der Waals surface area contributed by atoms with Gasteiger partial charge in [-0.1, -0.05) is 317 Å². The van der Waals surface area contributed by atoms with Crippen LogP contribution in [-0.2, 0) is 14.3 Å². The molecule has 486 valence electrons. The van der Waals surface area contributed by atoms with Crippen molar-refractivity contribution in [3.63, 3.8) is 0 Å². The van der Waals surface area contributed by atoms with E-state index in [0.29, 0.717) is 6.42 Å². The van der Waals surface area contributed by atoms with Gasteiger partial charge in [-0.25, -0.2) is 0 Å². The summed E-state index contributed by atoms with van der Waals surface area (Å²) >= 11 is 0. The number of aliphatic hydroxyl groups is 5. The van der Waals surface area contributed by atoms with E-state index in [1.165, 1.54) is 218 Å². The smallest absolute Gasteiger partial charge is 0.220 e. The van der Waals surface area contributed by atoms with Crippen LogP contribution < -0.4 is 5.32 Å². The Kier molecular flexibility index (Phi) is 59.5. The topological polar surface area (TPSA) is 149 Å². The SMILES string of the molecule is CC/C=C\C/C=C\C/C=C\C/C=C\C/C=C\CCCCCCCCCCCCCCCCCCCC(=O)NC(COC1OC(CO)C(O)C(O)C1O)C(O)/C=C/CC/C=C/CC/C=C/CCCCCCCCCCCCCCCCCCCC. The molecule has 0 spiro atoms. The van der Waals surface area contributed by atoms with Gasteiger partial charge < -0.3 is 40.3 Å². The summed E-state index contributed by atoms with van der Waals surface area (Å²) in [7, 11) is 0. The van der Waals surface area contributed by atoms with Gasteiger partial charge in [0, 0.05) is 6.42 Å². The van der Waals surface area contributed by atoms with Crippen molar-refractivity contribution >= 4 is 5.91 Å². The average Bonchev–Trinajstić information content (AvgIpc) is 3.70. The maximum Gasteiger partial charge on any atom is 0.220 e. The molecule has 84 heavy (non-hydrogen) atoms. The first-order valence-corrected chi connectivity index (χ1v) is 35.5. The lowest BCUT2D eigenvalue weighted by Gasteiger charge is -2.40. The second kappa shape index (κ2) is 63.1. The molecule has 1 saturated heterocycles. The van der Waals surface area contributed by atoms with Crippen LogP contribution in [-0.4, -0.2) is 87.5 Å². The number of unbranched alkanes of at least 4 members (excludes halogenated alkanes) is 37. The fraction of sp³-hybridized carbons (Fsp3) is 0.773. The van der Waals surface area contributed by atoms with Crippen molar-refractivity contribution in [1.82, 2.24) is 5.32 Å².